The molecule has 7 nitrogen and oxygen atoms in total. The molecule has 0 aliphatic rings. The Hall–Kier alpha value is -3.20. The average molecular weight is 486 g/mol. The maximum absolute atomic E-state index is 12.7. The number of anilines is 1. The van der Waals surface area contributed by atoms with Crippen molar-refractivity contribution < 1.29 is 18.0 Å². The SMILES string of the molecule is C[C@H](NS(=O)(=O)c1ccc(Cl)cc1)C(=O)Nc1ccccc1C(=O)NCCc1ccccc1. The Morgan fingerprint density at radius 2 is 1.55 bits per heavy atom. The minimum absolute atomic E-state index is 0.00950. The number of halogens is 1. The minimum atomic E-state index is -3.93. The smallest absolute Gasteiger partial charge is 0.253 e. The fourth-order valence-electron chi connectivity index (χ4n) is 3.06. The number of amides is 2. The van der Waals surface area contributed by atoms with Crippen LogP contribution in [0.2, 0.25) is 5.02 Å². The van der Waals surface area contributed by atoms with Gasteiger partial charge in [0.05, 0.1) is 22.2 Å². The first kappa shape index (κ1) is 24.4. The summed E-state index contributed by atoms with van der Waals surface area (Å²) < 4.78 is 27.4. The topological polar surface area (TPSA) is 104 Å². The molecule has 0 aliphatic carbocycles. The molecule has 0 bridgehead atoms. The van der Waals surface area contributed by atoms with Gasteiger partial charge >= 0.3 is 0 Å². The third-order valence-corrected chi connectivity index (χ3v) is 6.63. The van der Waals surface area contributed by atoms with Crippen LogP contribution in [0.3, 0.4) is 0 Å². The summed E-state index contributed by atoms with van der Waals surface area (Å²) in [4.78, 5) is 25.3. The molecule has 0 saturated heterocycles. The molecule has 0 radical (unpaired) electrons. The number of hydrogen-bond donors (Lipinski definition) is 3. The Morgan fingerprint density at radius 3 is 2.24 bits per heavy atom. The molecular formula is C24H24ClN3O4S. The number of hydrogen-bond acceptors (Lipinski definition) is 4. The first-order chi connectivity index (χ1) is 15.8. The highest BCUT2D eigenvalue weighted by atomic mass is 35.5. The van der Waals surface area contributed by atoms with E-state index < -0.39 is 22.0 Å². The lowest BCUT2D eigenvalue weighted by atomic mass is 10.1. The molecule has 0 aromatic heterocycles. The predicted octanol–water partition coefficient (Wildman–Crippen LogP) is 3.62. The summed E-state index contributed by atoms with van der Waals surface area (Å²) in [6.45, 7) is 1.85. The molecule has 0 fully saturated rings. The van der Waals surface area contributed by atoms with Crippen LogP contribution in [0.1, 0.15) is 22.8 Å². The number of para-hydroxylation sites is 1. The molecule has 172 valence electrons. The summed E-state index contributed by atoms with van der Waals surface area (Å²) in [6, 6.07) is 20.8. The van der Waals surface area contributed by atoms with Gasteiger partial charge in [0.2, 0.25) is 15.9 Å². The predicted molar refractivity (Wildman–Crippen MR) is 129 cm³/mol. The largest absolute Gasteiger partial charge is 0.352 e. The van der Waals surface area contributed by atoms with Crippen LogP contribution in [0.5, 0.6) is 0 Å². The van der Waals surface area contributed by atoms with Gasteiger partial charge in [-0.3, -0.25) is 9.59 Å². The Morgan fingerprint density at radius 1 is 0.909 bits per heavy atom. The highest BCUT2D eigenvalue weighted by Crippen LogP contribution is 2.17. The quantitative estimate of drug-likeness (QED) is 0.430. The van der Waals surface area contributed by atoms with E-state index in [2.05, 4.69) is 15.4 Å². The van der Waals surface area contributed by atoms with Crippen molar-refractivity contribution in [3.05, 3.63) is 95.0 Å². The van der Waals surface area contributed by atoms with E-state index in [1.54, 1.807) is 24.3 Å². The van der Waals surface area contributed by atoms with Crippen LogP contribution in [0, 0.1) is 0 Å². The van der Waals surface area contributed by atoms with E-state index in [-0.39, 0.29) is 22.1 Å². The molecule has 33 heavy (non-hydrogen) atoms. The fourth-order valence-corrected chi connectivity index (χ4v) is 4.39. The normalized spacial score (nSPS) is 12.1. The number of rotatable bonds is 9. The fraction of sp³-hybridized carbons (Fsp3) is 0.167. The van der Waals surface area contributed by atoms with E-state index in [0.717, 1.165) is 5.56 Å². The van der Waals surface area contributed by atoms with Crippen LogP contribution in [-0.2, 0) is 21.2 Å². The molecular weight excluding hydrogens is 462 g/mol. The van der Waals surface area contributed by atoms with Gasteiger partial charge in [-0.25, -0.2) is 8.42 Å². The zero-order chi connectivity index (χ0) is 23.8. The van der Waals surface area contributed by atoms with Gasteiger partial charge in [0, 0.05) is 11.6 Å². The van der Waals surface area contributed by atoms with Gasteiger partial charge in [-0.2, -0.15) is 4.72 Å². The first-order valence-electron chi connectivity index (χ1n) is 10.3. The number of benzene rings is 3. The van der Waals surface area contributed by atoms with Crippen molar-refractivity contribution in [3.8, 4) is 0 Å². The molecule has 0 aliphatic heterocycles. The maximum Gasteiger partial charge on any atom is 0.253 e. The lowest BCUT2D eigenvalue weighted by molar-refractivity contribution is -0.117. The molecule has 0 spiro atoms. The molecule has 3 N–H and O–H groups in total. The van der Waals surface area contributed by atoms with E-state index in [9.17, 15) is 18.0 Å². The van der Waals surface area contributed by atoms with Gasteiger partial charge in [-0.15, -0.1) is 0 Å². The number of sulfonamides is 1. The van der Waals surface area contributed by atoms with Crippen LogP contribution in [0.4, 0.5) is 5.69 Å². The zero-order valence-electron chi connectivity index (χ0n) is 17.9. The van der Waals surface area contributed by atoms with Crippen LogP contribution in [0.25, 0.3) is 0 Å². The second-order valence-electron chi connectivity index (χ2n) is 7.32. The molecule has 3 rings (SSSR count). The summed E-state index contributed by atoms with van der Waals surface area (Å²) in [5, 5.41) is 5.88. The van der Waals surface area contributed by atoms with Gasteiger partial charge < -0.3 is 10.6 Å². The average Bonchev–Trinajstić information content (AvgIpc) is 2.80. The number of nitrogens with one attached hydrogen (secondary N) is 3. The summed E-state index contributed by atoms with van der Waals surface area (Å²) in [6.07, 6.45) is 0.671. The van der Waals surface area contributed by atoms with Crippen molar-refractivity contribution in [1.82, 2.24) is 10.0 Å². The highest BCUT2D eigenvalue weighted by molar-refractivity contribution is 7.89. The summed E-state index contributed by atoms with van der Waals surface area (Å²) in [7, 11) is -3.93. The van der Waals surface area contributed by atoms with Crippen molar-refractivity contribution in [2.75, 3.05) is 11.9 Å². The summed E-state index contributed by atoms with van der Waals surface area (Å²) >= 11 is 5.80. The van der Waals surface area contributed by atoms with Crippen molar-refractivity contribution in [2.24, 2.45) is 0 Å². The van der Waals surface area contributed by atoms with Crippen LogP contribution in [-0.4, -0.2) is 32.8 Å². The van der Waals surface area contributed by atoms with Crippen LogP contribution < -0.4 is 15.4 Å². The lowest BCUT2D eigenvalue weighted by Gasteiger charge is -2.16. The molecule has 9 heteroatoms. The van der Waals surface area contributed by atoms with E-state index in [4.69, 9.17) is 11.6 Å². The monoisotopic (exact) mass is 485 g/mol. The van der Waals surface area contributed by atoms with E-state index in [0.29, 0.717) is 18.0 Å². The van der Waals surface area contributed by atoms with E-state index in [1.807, 2.05) is 30.3 Å². The maximum atomic E-state index is 12.7. The van der Waals surface area contributed by atoms with Gasteiger partial charge in [0.25, 0.3) is 5.91 Å². The second-order valence-corrected chi connectivity index (χ2v) is 9.47. The van der Waals surface area contributed by atoms with Crippen LogP contribution in [0.15, 0.2) is 83.8 Å². The Labute approximate surface area is 198 Å². The van der Waals surface area contributed by atoms with Crippen molar-refractivity contribution in [1.29, 1.82) is 0 Å². The zero-order valence-corrected chi connectivity index (χ0v) is 19.5. The minimum Gasteiger partial charge on any atom is -0.352 e. The Balaban J connectivity index is 1.62. The third-order valence-electron chi connectivity index (χ3n) is 4.82. The summed E-state index contributed by atoms with van der Waals surface area (Å²) in [5.74, 6) is -0.937. The second kappa shape index (κ2) is 11.1. The molecule has 3 aromatic rings. The number of carbonyl (C=O) groups is 2. The molecule has 0 unspecified atom stereocenters. The number of carbonyl (C=O) groups excluding carboxylic acids is 2. The highest BCUT2D eigenvalue weighted by Gasteiger charge is 2.23. The molecule has 0 heterocycles. The van der Waals surface area contributed by atoms with Gasteiger partial charge in [0.1, 0.15) is 0 Å². The van der Waals surface area contributed by atoms with Crippen molar-refractivity contribution in [3.63, 3.8) is 0 Å². The van der Waals surface area contributed by atoms with Crippen molar-refractivity contribution in [2.45, 2.75) is 24.3 Å². The van der Waals surface area contributed by atoms with Crippen LogP contribution >= 0.6 is 11.6 Å². The molecule has 3 aromatic carbocycles. The third kappa shape index (κ3) is 6.89. The van der Waals surface area contributed by atoms with E-state index in [1.165, 1.54) is 31.2 Å². The van der Waals surface area contributed by atoms with Crippen molar-refractivity contribution >= 4 is 39.1 Å². The molecule has 2 amide bonds. The molecule has 0 saturated carbocycles. The standard InChI is InChI=1S/C24H24ClN3O4S/c1-17(28-33(31,32)20-13-11-19(25)12-14-20)23(29)27-22-10-6-5-9-21(22)24(30)26-16-15-18-7-3-2-4-8-18/h2-14,17,28H,15-16H2,1H3,(H,26,30)(H,27,29)/t17-/m0/s1. The Bertz CT molecular complexity index is 1220. The van der Waals surface area contributed by atoms with Gasteiger partial charge in [-0.1, -0.05) is 54.1 Å². The van der Waals surface area contributed by atoms with Gasteiger partial charge in [-0.05, 0) is 55.3 Å². The lowest BCUT2D eigenvalue weighted by Crippen LogP contribution is -2.41. The first-order valence-corrected chi connectivity index (χ1v) is 12.1. The molecule has 1 atom stereocenters. The van der Waals surface area contributed by atoms with E-state index >= 15 is 0 Å². The summed E-state index contributed by atoms with van der Waals surface area (Å²) in [5.41, 5.74) is 1.67. The Kier molecular flexibility index (Phi) is 8.21. The van der Waals surface area contributed by atoms with Gasteiger partial charge in [0.15, 0.2) is 0 Å².